The Balaban J connectivity index is 1.90. The molecule has 1 aliphatic carbocycles. The van der Waals surface area contributed by atoms with Crippen LogP contribution in [0.25, 0.3) is 0 Å². The van der Waals surface area contributed by atoms with Gasteiger partial charge in [-0.2, -0.15) is 0 Å². The fourth-order valence-electron chi connectivity index (χ4n) is 4.69. The van der Waals surface area contributed by atoms with Crippen LogP contribution in [0.3, 0.4) is 0 Å². The summed E-state index contributed by atoms with van der Waals surface area (Å²) in [7, 11) is 0. The van der Waals surface area contributed by atoms with Gasteiger partial charge in [-0.1, -0.05) is 40.0 Å². The van der Waals surface area contributed by atoms with E-state index in [1.807, 2.05) is 0 Å². The minimum atomic E-state index is 0.564. The summed E-state index contributed by atoms with van der Waals surface area (Å²) in [6, 6.07) is 0. The second kappa shape index (κ2) is 7.79. The normalized spacial score (nSPS) is 35.5. The molecule has 1 heterocycles. The second-order valence-electron chi connectivity index (χ2n) is 7.66. The van der Waals surface area contributed by atoms with Gasteiger partial charge in [0.1, 0.15) is 0 Å². The number of rotatable bonds is 7. The SMILES string of the molecule is CCCC1CCN(CC2(CNCC)CCCC(C)C2)C1. The van der Waals surface area contributed by atoms with Crippen LogP contribution in [0.15, 0.2) is 0 Å². The van der Waals surface area contributed by atoms with Crippen LogP contribution in [0.1, 0.15) is 65.7 Å². The number of hydrogen-bond donors (Lipinski definition) is 1. The Morgan fingerprint density at radius 1 is 1.25 bits per heavy atom. The Morgan fingerprint density at radius 3 is 2.80 bits per heavy atom. The zero-order valence-electron chi connectivity index (χ0n) is 14.1. The highest BCUT2D eigenvalue weighted by molar-refractivity contribution is 4.91. The van der Waals surface area contributed by atoms with E-state index in [9.17, 15) is 0 Å². The fourth-order valence-corrected chi connectivity index (χ4v) is 4.69. The van der Waals surface area contributed by atoms with Crippen molar-refractivity contribution in [2.45, 2.75) is 65.7 Å². The van der Waals surface area contributed by atoms with Crippen molar-refractivity contribution in [1.29, 1.82) is 0 Å². The molecule has 2 fully saturated rings. The van der Waals surface area contributed by atoms with Crippen LogP contribution >= 0.6 is 0 Å². The third-order valence-electron chi connectivity index (χ3n) is 5.56. The molecule has 0 radical (unpaired) electrons. The third-order valence-corrected chi connectivity index (χ3v) is 5.56. The fraction of sp³-hybridized carbons (Fsp3) is 1.00. The Bertz CT molecular complexity index is 279. The standard InChI is InChI=1S/C18H36N2/c1-4-7-17-9-11-20(13-17)15-18(14-19-5-2)10-6-8-16(3)12-18/h16-17,19H,4-15H2,1-3H3. The van der Waals surface area contributed by atoms with Gasteiger partial charge in [0.05, 0.1) is 0 Å². The molecule has 1 N–H and O–H groups in total. The zero-order valence-corrected chi connectivity index (χ0v) is 14.1. The van der Waals surface area contributed by atoms with E-state index in [1.54, 1.807) is 0 Å². The van der Waals surface area contributed by atoms with Crippen molar-refractivity contribution in [2.24, 2.45) is 17.3 Å². The summed E-state index contributed by atoms with van der Waals surface area (Å²) in [5, 5.41) is 3.66. The van der Waals surface area contributed by atoms with Crippen molar-refractivity contribution >= 4 is 0 Å². The molecule has 0 aromatic carbocycles. The highest BCUT2D eigenvalue weighted by atomic mass is 15.2. The van der Waals surface area contributed by atoms with E-state index >= 15 is 0 Å². The van der Waals surface area contributed by atoms with Crippen LogP contribution in [0.5, 0.6) is 0 Å². The number of hydrogen-bond acceptors (Lipinski definition) is 2. The lowest BCUT2D eigenvalue weighted by Gasteiger charge is -2.43. The van der Waals surface area contributed by atoms with Crippen molar-refractivity contribution in [3.63, 3.8) is 0 Å². The minimum Gasteiger partial charge on any atom is -0.316 e. The average molecular weight is 281 g/mol. The summed E-state index contributed by atoms with van der Waals surface area (Å²) in [6.07, 6.45) is 10.0. The van der Waals surface area contributed by atoms with E-state index in [0.717, 1.165) is 18.4 Å². The largest absolute Gasteiger partial charge is 0.316 e. The first-order chi connectivity index (χ1) is 9.67. The highest BCUT2D eigenvalue weighted by Gasteiger charge is 2.37. The van der Waals surface area contributed by atoms with Crippen LogP contribution < -0.4 is 5.32 Å². The molecule has 1 saturated carbocycles. The van der Waals surface area contributed by atoms with Gasteiger partial charge in [0.15, 0.2) is 0 Å². The molecule has 1 aliphatic heterocycles. The molecular weight excluding hydrogens is 244 g/mol. The first-order valence-corrected chi connectivity index (χ1v) is 9.10. The minimum absolute atomic E-state index is 0.564. The predicted molar refractivity (Wildman–Crippen MR) is 88.1 cm³/mol. The van der Waals surface area contributed by atoms with Gasteiger partial charge in [0.2, 0.25) is 0 Å². The molecule has 0 spiro atoms. The monoisotopic (exact) mass is 280 g/mol. The molecule has 1 saturated heterocycles. The molecule has 20 heavy (non-hydrogen) atoms. The third kappa shape index (κ3) is 4.46. The molecule has 3 unspecified atom stereocenters. The summed E-state index contributed by atoms with van der Waals surface area (Å²) in [5.41, 5.74) is 0.564. The van der Waals surface area contributed by atoms with Gasteiger partial charge >= 0.3 is 0 Å². The van der Waals surface area contributed by atoms with Crippen molar-refractivity contribution in [2.75, 3.05) is 32.7 Å². The van der Waals surface area contributed by atoms with Gasteiger partial charge in [0.25, 0.3) is 0 Å². The van der Waals surface area contributed by atoms with Crippen LogP contribution in [0.2, 0.25) is 0 Å². The number of nitrogens with zero attached hydrogens (tertiary/aromatic N) is 1. The van der Waals surface area contributed by atoms with Crippen molar-refractivity contribution in [1.82, 2.24) is 10.2 Å². The first kappa shape index (κ1) is 16.3. The van der Waals surface area contributed by atoms with Gasteiger partial charge in [0, 0.05) is 19.6 Å². The van der Waals surface area contributed by atoms with E-state index in [1.165, 1.54) is 71.1 Å². The Morgan fingerprint density at radius 2 is 2.10 bits per heavy atom. The molecule has 0 aromatic rings. The van der Waals surface area contributed by atoms with Gasteiger partial charge in [-0.25, -0.2) is 0 Å². The Labute approximate surface area is 126 Å². The summed E-state index contributed by atoms with van der Waals surface area (Å²) < 4.78 is 0. The van der Waals surface area contributed by atoms with Crippen molar-refractivity contribution in [3.05, 3.63) is 0 Å². The molecule has 3 atom stereocenters. The summed E-state index contributed by atoms with van der Waals surface area (Å²) in [6.45, 7) is 13.5. The van der Waals surface area contributed by atoms with Crippen LogP contribution in [0, 0.1) is 17.3 Å². The lowest BCUT2D eigenvalue weighted by Crippen LogP contribution is -2.46. The molecule has 0 aromatic heterocycles. The van der Waals surface area contributed by atoms with Crippen LogP contribution in [0.4, 0.5) is 0 Å². The summed E-state index contributed by atoms with van der Waals surface area (Å²) in [5.74, 6) is 1.91. The maximum absolute atomic E-state index is 3.66. The molecule has 2 rings (SSSR count). The van der Waals surface area contributed by atoms with Crippen LogP contribution in [-0.4, -0.2) is 37.6 Å². The van der Waals surface area contributed by atoms with E-state index in [2.05, 4.69) is 31.0 Å². The lowest BCUT2D eigenvalue weighted by molar-refractivity contribution is 0.0897. The molecule has 118 valence electrons. The number of likely N-dealkylation sites (tertiary alicyclic amines) is 1. The zero-order chi connectivity index (χ0) is 14.4. The maximum Gasteiger partial charge on any atom is 0.00504 e. The molecule has 2 aliphatic rings. The van der Waals surface area contributed by atoms with Gasteiger partial charge in [-0.3, -0.25) is 0 Å². The molecular formula is C18H36N2. The summed E-state index contributed by atoms with van der Waals surface area (Å²) >= 11 is 0. The average Bonchev–Trinajstić information content (AvgIpc) is 2.84. The van der Waals surface area contributed by atoms with Crippen molar-refractivity contribution < 1.29 is 0 Å². The number of nitrogens with one attached hydrogen (secondary N) is 1. The topological polar surface area (TPSA) is 15.3 Å². The van der Waals surface area contributed by atoms with Gasteiger partial charge < -0.3 is 10.2 Å². The molecule has 0 bridgehead atoms. The molecule has 2 heteroatoms. The van der Waals surface area contributed by atoms with Crippen LogP contribution in [-0.2, 0) is 0 Å². The Kier molecular flexibility index (Phi) is 6.35. The first-order valence-electron chi connectivity index (χ1n) is 9.10. The maximum atomic E-state index is 3.66. The molecule has 0 amide bonds. The second-order valence-corrected chi connectivity index (χ2v) is 7.66. The van der Waals surface area contributed by atoms with E-state index in [-0.39, 0.29) is 0 Å². The lowest BCUT2D eigenvalue weighted by atomic mass is 9.69. The van der Waals surface area contributed by atoms with E-state index < -0.39 is 0 Å². The predicted octanol–water partition coefficient (Wildman–Crippen LogP) is 3.91. The summed E-state index contributed by atoms with van der Waals surface area (Å²) in [4.78, 5) is 2.79. The van der Waals surface area contributed by atoms with Gasteiger partial charge in [-0.05, 0) is 56.0 Å². The smallest absolute Gasteiger partial charge is 0.00504 e. The van der Waals surface area contributed by atoms with Gasteiger partial charge in [-0.15, -0.1) is 0 Å². The van der Waals surface area contributed by atoms with Crippen molar-refractivity contribution in [3.8, 4) is 0 Å². The van der Waals surface area contributed by atoms with E-state index in [4.69, 9.17) is 0 Å². The van der Waals surface area contributed by atoms with E-state index in [0.29, 0.717) is 5.41 Å². The quantitative estimate of drug-likeness (QED) is 0.760. The Hall–Kier alpha value is -0.0800. The molecule has 2 nitrogen and oxygen atoms in total. The highest BCUT2D eigenvalue weighted by Crippen LogP contribution is 2.40.